The van der Waals surface area contributed by atoms with E-state index in [1.54, 1.807) is 0 Å². The van der Waals surface area contributed by atoms with Gasteiger partial charge in [0.25, 0.3) is 0 Å². The van der Waals surface area contributed by atoms with Crippen molar-refractivity contribution in [3.8, 4) is 0 Å². The summed E-state index contributed by atoms with van der Waals surface area (Å²) in [4.78, 5) is 46.2. The van der Waals surface area contributed by atoms with Crippen molar-refractivity contribution in [1.82, 2.24) is 19.9 Å². The second-order valence-corrected chi connectivity index (χ2v) is 12.6. The summed E-state index contributed by atoms with van der Waals surface area (Å²) in [5, 5.41) is 3.19. The molecule has 0 unspecified atom stereocenters. The van der Waals surface area contributed by atoms with Crippen LogP contribution in [-0.2, 0) is 15.0 Å². The molecule has 0 saturated carbocycles. The molecule has 10 heteroatoms. The largest absolute Gasteiger partial charge is 0.281 e. The Kier molecular flexibility index (Phi) is 4.96. The number of aromatic nitrogens is 4. The molecule has 0 amide bonds. The molecular formula is C21H18N4O2S4. The summed E-state index contributed by atoms with van der Waals surface area (Å²) >= 11 is 5.11. The zero-order valence-electron chi connectivity index (χ0n) is 17.5. The maximum atomic E-state index is 12.8. The average Bonchev–Trinajstić information content (AvgIpc) is 3.42. The number of hydrogen-bond donors (Lipinski definition) is 0. The summed E-state index contributed by atoms with van der Waals surface area (Å²) in [5.41, 5.74) is 0.915. The van der Waals surface area contributed by atoms with E-state index in [2.05, 4.69) is 44.6 Å². The third-order valence-corrected chi connectivity index (χ3v) is 9.35. The fourth-order valence-electron chi connectivity index (χ4n) is 3.13. The Labute approximate surface area is 195 Å². The fraction of sp³-hybridized carbons (Fsp3) is 0.333. The van der Waals surface area contributed by atoms with E-state index in [1.165, 1.54) is 22.7 Å². The molecule has 0 atom stereocenters. The molecule has 0 radical (unpaired) electrons. The molecule has 0 saturated heterocycles. The van der Waals surface area contributed by atoms with E-state index in [0.717, 1.165) is 33.3 Å². The van der Waals surface area contributed by atoms with Gasteiger partial charge in [0.2, 0.25) is 10.2 Å². The second-order valence-electron chi connectivity index (χ2n) is 8.56. The van der Waals surface area contributed by atoms with Crippen molar-refractivity contribution in [2.24, 2.45) is 0 Å². The number of fused-ring (bicyclic) bond motifs is 2. The van der Waals surface area contributed by atoms with Gasteiger partial charge in [-0.15, -0.1) is 22.7 Å². The lowest BCUT2D eigenvalue weighted by Gasteiger charge is -2.14. The van der Waals surface area contributed by atoms with Gasteiger partial charge >= 0.3 is 0 Å². The molecule has 3 aromatic rings. The van der Waals surface area contributed by atoms with Gasteiger partial charge in [-0.05, 0) is 34.9 Å². The van der Waals surface area contributed by atoms with Gasteiger partial charge in [-0.1, -0.05) is 34.6 Å². The maximum absolute atomic E-state index is 12.8. The van der Waals surface area contributed by atoms with Gasteiger partial charge in [0, 0.05) is 22.1 Å². The first-order valence-electron chi connectivity index (χ1n) is 9.67. The molecule has 0 fully saturated rings. The SMILES string of the molecule is CC(C)c1cnc(C2=c3nc4c(nc3SC2=O)=C(c2ncc(C(C)(C)C)s2)C(=O)S4)s1. The minimum atomic E-state index is -0.109. The van der Waals surface area contributed by atoms with Crippen LogP contribution >= 0.6 is 46.2 Å². The number of thioether (sulfide) groups is 2. The van der Waals surface area contributed by atoms with Gasteiger partial charge in [-0.2, -0.15) is 0 Å². The highest BCUT2D eigenvalue weighted by molar-refractivity contribution is 8.15. The second kappa shape index (κ2) is 7.33. The molecule has 0 aliphatic carbocycles. The lowest BCUT2D eigenvalue weighted by molar-refractivity contribution is -0.106. The van der Waals surface area contributed by atoms with Crippen molar-refractivity contribution < 1.29 is 9.59 Å². The van der Waals surface area contributed by atoms with Gasteiger partial charge < -0.3 is 0 Å². The Hall–Kier alpha value is -1.88. The van der Waals surface area contributed by atoms with Crippen LogP contribution in [-0.4, -0.2) is 30.2 Å². The Bertz CT molecular complexity index is 1400. The molecule has 2 aliphatic heterocycles. The minimum absolute atomic E-state index is 0.0492. The average molecular weight is 487 g/mol. The standard InChI is InChI=1S/C21H18N4O2S4/c1-8(2)9-6-22-15(28-9)11-13-17(30-19(11)26)25-14-12(20(27)31-18(14)24-13)16-23-7-10(29-16)21(3,4)5/h6-8H,1-5H3. The number of carbonyl (C=O) groups excluding carboxylic acids is 2. The molecule has 158 valence electrons. The zero-order chi connectivity index (χ0) is 22.1. The summed E-state index contributed by atoms with van der Waals surface area (Å²) in [6.45, 7) is 10.5. The van der Waals surface area contributed by atoms with Crippen molar-refractivity contribution in [3.05, 3.63) is 42.9 Å². The van der Waals surface area contributed by atoms with Gasteiger partial charge in [0.1, 0.15) is 30.8 Å². The van der Waals surface area contributed by atoms with E-state index >= 15 is 0 Å². The normalized spacial score (nSPS) is 15.9. The van der Waals surface area contributed by atoms with Crippen molar-refractivity contribution in [2.75, 3.05) is 0 Å². The van der Waals surface area contributed by atoms with Crippen LogP contribution in [0.2, 0.25) is 0 Å². The smallest absolute Gasteiger partial charge is 0.230 e. The van der Waals surface area contributed by atoms with Gasteiger partial charge in [0.05, 0.1) is 11.1 Å². The quantitative estimate of drug-likeness (QED) is 0.556. The highest BCUT2D eigenvalue weighted by atomic mass is 32.2. The Morgan fingerprint density at radius 3 is 1.77 bits per heavy atom. The molecule has 0 spiro atoms. The van der Waals surface area contributed by atoms with Crippen LogP contribution in [0.15, 0.2) is 22.4 Å². The summed E-state index contributed by atoms with van der Waals surface area (Å²) in [6, 6.07) is 0. The highest BCUT2D eigenvalue weighted by Crippen LogP contribution is 2.36. The lowest BCUT2D eigenvalue weighted by Crippen LogP contribution is -2.23. The van der Waals surface area contributed by atoms with Crippen LogP contribution in [0.1, 0.15) is 60.3 Å². The van der Waals surface area contributed by atoms with E-state index in [9.17, 15) is 9.59 Å². The summed E-state index contributed by atoms with van der Waals surface area (Å²) in [7, 11) is 0. The van der Waals surface area contributed by atoms with Crippen molar-refractivity contribution >= 4 is 67.6 Å². The summed E-state index contributed by atoms with van der Waals surface area (Å²) in [6.07, 6.45) is 3.64. The third kappa shape index (κ3) is 3.49. The van der Waals surface area contributed by atoms with Crippen molar-refractivity contribution in [2.45, 2.75) is 56.0 Å². The van der Waals surface area contributed by atoms with Crippen LogP contribution in [0.25, 0.3) is 11.1 Å². The lowest BCUT2D eigenvalue weighted by atomic mass is 9.96. The van der Waals surface area contributed by atoms with Gasteiger partial charge in [-0.3, -0.25) is 9.59 Å². The monoisotopic (exact) mass is 486 g/mol. The Morgan fingerprint density at radius 1 is 0.806 bits per heavy atom. The van der Waals surface area contributed by atoms with Crippen LogP contribution in [0.5, 0.6) is 0 Å². The number of rotatable bonds is 3. The molecule has 0 bridgehead atoms. The van der Waals surface area contributed by atoms with Gasteiger partial charge in [-0.25, -0.2) is 19.9 Å². The first-order valence-corrected chi connectivity index (χ1v) is 12.9. The number of nitrogens with zero attached hydrogens (tertiary/aromatic N) is 4. The first kappa shape index (κ1) is 21.0. The summed E-state index contributed by atoms with van der Waals surface area (Å²) in [5.74, 6) is 0.336. The van der Waals surface area contributed by atoms with E-state index in [4.69, 9.17) is 9.97 Å². The molecular weight excluding hydrogens is 469 g/mol. The number of hydrogen-bond acceptors (Lipinski definition) is 10. The summed E-state index contributed by atoms with van der Waals surface area (Å²) < 4.78 is 0. The molecule has 0 aromatic carbocycles. The van der Waals surface area contributed by atoms with E-state index in [0.29, 0.717) is 47.8 Å². The third-order valence-electron chi connectivity index (χ3n) is 4.86. The topological polar surface area (TPSA) is 85.7 Å². The van der Waals surface area contributed by atoms with Crippen molar-refractivity contribution in [3.63, 3.8) is 0 Å². The highest BCUT2D eigenvalue weighted by Gasteiger charge is 2.34. The predicted molar refractivity (Wildman–Crippen MR) is 125 cm³/mol. The Balaban J connectivity index is 1.70. The molecule has 0 N–H and O–H groups in total. The maximum Gasteiger partial charge on any atom is 0.230 e. The van der Waals surface area contributed by atoms with E-state index in [1.807, 2.05) is 12.4 Å². The number of carbonyl (C=O) groups is 2. The van der Waals surface area contributed by atoms with Crippen LogP contribution < -0.4 is 10.7 Å². The van der Waals surface area contributed by atoms with E-state index in [-0.39, 0.29) is 15.6 Å². The molecule has 5 heterocycles. The van der Waals surface area contributed by atoms with Crippen LogP contribution in [0, 0.1) is 0 Å². The van der Waals surface area contributed by atoms with Gasteiger partial charge in [0.15, 0.2) is 0 Å². The zero-order valence-corrected chi connectivity index (χ0v) is 20.7. The molecule has 31 heavy (non-hydrogen) atoms. The fourth-order valence-corrected chi connectivity index (χ4v) is 6.94. The predicted octanol–water partition coefficient (Wildman–Crippen LogP) is 3.47. The van der Waals surface area contributed by atoms with Crippen LogP contribution in [0.4, 0.5) is 0 Å². The molecule has 6 nitrogen and oxygen atoms in total. The minimum Gasteiger partial charge on any atom is -0.281 e. The van der Waals surface area contributed by atoms with Crippen LogP contribution in [0.3, 0.4) is 0 Å². The van der Waals surface area contributed by atoms with E-state index < -0.39 is 0 Å². The Morgan fingerprint density at radius 2 is 1.32 bits per heavy atom. The molecule has 3 aromatic heterocycles. The first-order chi connectivity index (χ1) is 14.6. The van der Waals surface area contributed by atoms with Crippen molar-refractivity contribution in [1.29, 1.82) is 0 Å². The molecule has 5 rings (SSSR count). The molecule has 2 aliphatic rings. The number of thiazole rings is 2.